The first-order valence-electron chi connectivity index (χ1n) is 10.8. The second-order valence-corrected chi connectivity index (χ2v) is 8.83. The van der Waals surface area contributed by atoms with Crippen molar-refractivity contribution in [1.29, 1.82) is 0 Å². The minimum atomic E-state index is -0.182. The molecule has 2 amide bonds. The lowest BCUT2D eigenvalue weighted by Crippen LogP contribution is -2.32. The van der Waals surface area contributed by atoms with Crippen LogP contribution in [0.3, 0.4) is 0 Å². The van der Waals surface area contributed by atoms with Gasteiger partial charge in [0.05, 0.1) is 11.4 Å². The van der Waals surface area contributed by atoms with Gasteiger partial charge in [-0.3, -0.25) is 14.4 Å². The highest BCUT2D eigenvalue weighted by atomic mass is 16.2. The predicted octanol–water partition coefficient (Wildman–Crippen LogP) is 3.29. The summed E-state index contributed by atoms with van der Waals surface area (Å²) in [7, 11) is 1.87. The summed E-state index contributed by atoms with van der Waals surface area (Å²) in [6.45, 7) is 4.62. The Labute approximate surface area is 180 Å². The number of likely N-dealkylation sites (tertiary alicyclic amines) is 1. The van der Waals surface area contributed by atoms with E-state index in [9.17, 15) is 14.4 Å². The number of ketones is 1. The summed E-state index contributed by atoms with van der Waals surface area (Å²) in [6, 6.07) is 1.85. The van der Waals surface area contributed by atoms with Crippen LogP contribution in [0.4, 0.5) is 5.69 Å². The molecular formula is C24H26N4O3. The third-order valence-corrected chi connectivity index (χ3v) is 6.76. The molecule has 2 fully saturated rings. The molecule has 2 aromatic heterocycles. The maximum atomic E-state index is 13.1. The fraction of sp³-hybridized carbons (Fsp3) is 0.375. The normalized spacial score (nSPS) is 23.5. The molecule has 3 heterocycles. The van der Waals surface area contributed by atoms with Crippen molar-refractivity contribution in [3.8, 4) is 0 Å². The lowest BCUT2D eigenvalue weighted by molar-refractivity contribution is -0.124. The Balaban J connectivity index is 1.35. The summed E-state index contributed by atoms with van der Waals surface area (Å²) < 4.78 is 1.87. The van der Waals surface area contributed by atoms with Crippen LogP contribution in [-0.2, 0) is 22.1 Å². The number of nitrogens with one attached hydrogen (secondary N) is 2. The van der Waals surface area contributed by atoms with E-state index in [4.69, 9.17) is 0 Å². The van der Waals surface area contributed by atoms with Gasteiger partial charge in [-0.15, -0.1) is 0 Å². The number of piperidine rings is 1. The average Bonchev–Trinajstić information content (AvgIpc) is 2.98. The van der Waals surface area contributed by atoms with Crippen molar-refractivity contribution in [1.82, 2.24) is 14.5 Å². The molecule has 3 aliphatic rings. The van der Waals surface area contributed by atoms with Crippen LogP contribution in [0, 0.1) is 12.8 Å². The molecule has 2 aromatic rings. The molecule has 0 aromatic carbocycles. The number of aryl methyl sites for hydroxylation is 2. The zero-order valence-electron chi connectivity index (χ0n) is 18.0. The lowest BCUT2D eigenvalue weighted by Gasteiger charge is -2.27. The standard InChI is InChI=1S/C24H26N4O3/c1-4-5-20(30)26-16-8-17(27(3)13-16)6-7-21(31)28-12-15-10-24(15)19(28)9-18(29)23-22(24)14(2)11-25-23/h6-9,11,13,15,25H,4-5,10,12H2,1-3H3,(H,26,30)/b7-6+. The summed E-state index contributed by atoms with van der Waals surface area (Å²) in [5, 5.41) is 2.87. The van der Waals surface area contributed by atoms with E-state index in [0.29, 0.717) is 30.3 Å². The van der Waals surface area contributed by atoms with Crippen LogP contribution in [0.5, 0.6) is 0 Å². The van der Waals surface area contributed by atoms with Gasteiger partial charge in [0, 0.05) is 61.4 Å². The number of aromatic nitrogens is 2. The van der Waals surface area contributed by atoms with Gasteiger partial charge in [-0.2, -0.15) is 0 Å². The maximum absolute atomic E-state index is 13.1. The molecule has 7 nitrogen and oxygen atoms in total. The highest BCUT2D eigenvalue weighted by Gasteiger charge is 2.67. The number of fused-ring (bicyclic) bond motifs is 1. The summed E-state index contributed by atoms with van der Waals surface area (Å²) in [5.41, 5.74) is 5.03. The zero-order chi connectivity index (χ0) is 21.9. The molecule has 0 radical (unpaired) electrons. The van der Waals surface area contributed by atoms with Crippen LogP contribution in [0.2, 0.25) is 0 Å². The molecule has 1 saturated carbocycles. The first kappa shape index (κ1) is 19.6. The number of carbonyl (C=O) groups is 3. The van der Waals surface area contributed by atoms with E-state index in [-0.39, 0.29) is 23.0 Å². The van der Waals surface area contributed by atoms with E-state index < -0.39 is 0 Å². The van der Waals surface area contributed by atoms with Gasteiger partial charge in [0.15, 0.2) is 0 Å². The summed E-state index contributed by atoms with van der Waals surface area (Å²) in [5.74, 6) is 0.162. The molecule has 2 atom stereocenters. The van der Waals surface area contributed by atoms with Crippen molar-refractivity contribution < 1.29 is 14.4 Å². The molecular weight excluding hydrogens is 392 g/mol. The molecule has 2 N–H and O–H groups in total. The summed E-state index contributed by atoms with van der Waals surface area (Å²) >= 11 is 0. The highest BCUT2D eigenvalue weighted by Crippen LogP contribution is 2.67. The third-order valence-electron chi connectivity index (χ3n) is 6.76. The molecule has 5 rings (SSSR count). The Bertz CT molecular complexity index is 1180. The van der Waals surface area contributed by atoms with Crippen LogP contribution in [0.25, 0.3) is 6.08 Å². The van der Waals surface area contributed by atoms with Crippen LogP contribution in [0.15, 0.2) is 36.3 Å². The van der Waals surface area contributed by atoms with Crippen LogP contribution >= 0.6 is 0 Å². The molecule has 0 bridgehead atoms. The second kappa shape index (κ2) is 6.83. The number of hydrogen-bond donors (Lipinski definition) is 2. The van der Waals surface area contributed by atoms with Gasteiger partial charge in [0.1, 0.15) is 0 Å². The van der Waals surface area contributed by atoms with Gasteiger partial charge in [-0.05, 0) is 49.0 Å². The van der Waals surface area contributed by atoms with Gasteiger partial charge in [-0.25, -0.2) is 0 Å². The number of H-pyrrole nitrogens is 1. The topological polar surface area (TPSA) is 87.2 Å². The van der Waals surface area contributed by atoms with E-state index in [1.807, 2.05) is 43.9 Å². The monoisotopic (exact) mass is 418 g/mol. The minimum absolute atomic E-state index is 0.0189. The van der Waals surface area contributed by atoms with Gasteiger partial charge < -0.3 is 19.8 Å². The Morgan fingerprint density at radius 3 is 2.97 bits per heavy atom. The largest absolute Gasteiger partial charge is 0.358 e. The number of hydrogen-bond acceptors (Lipinski definition) is 3. The van der Waals surface area contributed by atoms with E-state index in [1.165, 1.54) is 0 Å². The number of allylic oxidation sites excluding steroid dienone is 2. The lowest BCUT2D eigenvalue weighted by atomic mass is 9.83. The molecule has 2 unspecified atom stereocenters. The van der Waals surface area contributed by atoms with Crippen molar-refractivity contribution in [3.05, 3.63) is 58.8 Å². The fourth-order valence-electron chi connectivity index (χ4n) is 5.27. The maximum Gasteiger partial charge on any atom is 0.250 e. The van der Waals surface area contributed by atoms with Crippen molar-refractivity contribution in [2.24, 2.45) is 13.0 Å². The molecule has 160 valence electrons. The molecule has 31 heavy (non-hydrogen) atoms. The second-order valence-electron chi connectivity index (χ2n) is 8.83. The van der Waals surface area contributed by atoms with E-state index in [2.05, 4.69) is 10.3 Å². The number of carbonyl (C=O) groups excluding carboxylic acids is 3. The van der Waals surface area contributed by atoms with Crippen molar-refractivity contribution >= 4 is 29.4 Å². The number of aromatic amines is 1. The molecule has 1 saturated heterocycles. The Kier molecular flexibility index (Phi) is 4.32. The quantitative estimate of drug-likeness (QED) is 0.731. The molecule has 1 spiro atoms. The van der Waals surface area contributed by atoms with E-state index >= 15 is 0 Å². The van der Waals surface area contributed by atoms with Crippen molar-refractivity contribution in [2.45, 2.75) is 38.5 Å². The highest BCUT2D eigenvalue weighted by molar-refractivity contribution is 6.09. The van der Waals surface area contributed by atoms with Crippen LogP contribution in [0.1, 0.15) is 53.5 Å². The van der Waals surface area contributed by atoms with E-state index in [0.717, 1.165) is 35.4 Å². The number of anilines is 1. The van der Waals surface area contributed by atoms with Crippen molar-refractivity contribution in [3.63, 3.8) is 0 Å². The molecule has 2 aliphatic carbocycles. The Morgan fingerprint density at radius 1 is 1.39 bits per heavy atom. The van der Waals surface area contributed by atoms with Gasteiger partial charge in [0.2, 0.25) is 11.7 Å². The summed E-state index contributed by atoms with van der Waals surface area (Å²) in [6.07, 6.45) is 10.9. The van der Waals surface area contributed by atoms with Gasteiger partial charge >= 0.3 is 0 Å². The molecule has 1 aliphatic heterocycles. The number of rotatable bonds is 5. The van der Waals surface area contributed by atoms with Gasteiger partial charge in [0.25, 0.3) is 5.91 Å². The van der Waals surface area contributed by atoms with E-state index in [1.54, 1.807) is 23.1 Å². The third kappa shape index (κ3) is 2.91. The zero-order valence-corrected chi connectivity index (χ0v) is 18.0. The van der Waals surface area contributed by atoms with Gasteiger partial charge in [-0.1, -0.05) is 6.92 Å². The van der Waals surface area contributed by atoms with Crippen molar-refractivity contribution in [2.75, 3.05) is 11.9 Å². The Morgan fingerprint density at radius 2 is 2.19 bits per heavy atom. The molecule has 7 heteroatoms. The first-order chi connectivity index (χ1) is 14.8. The summed E-state index contributed by atoms with van der Waals surface area (Å²) in [4.78, 5) is 42.4. The average molecular weight is 418 g/mol. The minimum Gasteiger partial charge on any atom is -0.358 e. The Hall–Kier alpha value is -3.35. The smallest absolute Gasteiger partial charge is 0.250 e. The number of nitrogens with zero attached hydrogens (tertiary/aromatic N) is 2. The van der Waals surface area contributed by atoms with Crippen LogP contribution in [-0.4, -0.2) is 38.6 Å². The SMILES string of the molecule is CCCC(=O)Nc1cc(/C=C/C(=O)N2CC3CC34C2=CC(=O)c2[nH]cc(C)c24)n(C)c1. The first-order valence-corrected chi connectivity index (χ1v) is 10.8. The number of amides is 2. The van der Waals surface area contributed by atoms with Crippen LogP contribution < -0.4 is 5.32 Å². The predicted molar refractivity (Wildman–Crippen MR) is 117 cm³/mol. The fourth-order valence-corrected chi connectivity index (χ4v) is 5.27.